The Kier molecular flexibility index (Phi) is 3.69. The molecule has 2 amide bonds. The predicted molar refractivity (Wildman–Crippen MR) is 68.9 cm³/mol. The van der Waals surface area contributed by atoms with Crippen LogP contribution in [-0.4, -0.2) is 31.3 Å². The number of methoxy groups -OCH3 is 1. The van der Waals surface area contributed by atoms with Crippen molar-refractivity contribution in [2.45, 2.75) is 0 Å². The van der Waals surface area contributed by atoms with Gasteiger partial charge in [0.25, 0.3) is 0 Å². The molecule has 0 aliphatic rings. The van der Waals surface area contributed by atoms with Crippen LogP contribution in [0.1, 0.15) is 0 Å². The number of hydrogen-bond acceptors (Lipinski definition) is 3. The lowest BCUT2D eigenvalue weighted by atomic mass is 10.2. The summed E-state index contributed by atoms with van der Waals surface area (Å²) in [4.78, 5) is 13.9. The van der Waals surface area contributed by atoms with E-state index in [1.165, 1.54) is 0 Å². The Morgan fingerprint density at radius 1 is 1.44 bits per heavy atom. The van der Waals surface area contributed by atoms with E-state index >= 15 is 0 Å². The number of aromatic amines is 1. The normalized spacial score (nSPS) is 10.5. The summed E-state index contributed by atoms with van der Waals surface area (Å²) < 4.78 is 10.4. The molecule has 6 nitrogen and oxygen atoms in total. The fourth-order valence-electron chi connectivity index (χ4n) is 1.67. The van der Waals surface area contributed by atoms with Crippen molar-refractivity contribution in [1.82, 2.24) is 4.98 Å². The SMILES string of the molecule is COCCOc1ccc2[nH]cc(NC(N)=O)c2c1. The van der Waals surface area contributed by atoms with Gasteiger partial charge in [0.1, 0.15) is 12.4 Å². The zero-order valence-electron chi connectivity index (χ0n) is 10.0. The summed E-state index contributed by atoms with van der Waals surface area (Å²) >= 11 is 0. The Labute approximate surface area is 104 Å². The molecule has 6 heteroatoms. The van der Waals surface area contributed by atoms with Gasteiger partial charge in [-0.15, -0.1) is 0 Å². The van der Waals surface area contributed by atoms with Crippen molar-refractivity contribution in [3.8, 4) is 5.75 Å². The number of benzene rings is 1. The first-order valence-electron chi connectivity index (χ1n) is 5.50. The lowest BCUT2D eigenvalue weighted by Gasteiger charge is -2.06. The minimum Gasteiger partial charge on any atom is -0.491 e. The quantitative estimate of drug-likeness (QED) is 0.704. The van der Waals surface area contributed by atoms with E-state index in [0.29, 0.717) is 24.7 Å². The average molecular weight is 249 g/mol. The van der Waals surface area contributed by atoms with Gasteiger partial charge in [0, 0.05) is 24.2 Å². The summed E-state index contributed by atoms with van der Waals surface area (Å²) in [5.74, 6) is 0.715. The minimum absolute atomic E-state index is 0.477. The maximum Gasteiger partial charge on any atom is 0.316 e. The zero-order valence-corrected chi connectivity index (χ0v) is 10.0. The molecule has 0 fully saturated rings. The van der Waals surface area contributed by atoms with E-state index in [9.17, 15) is 4.79 Å². The number of amides is 2. The average Bonchev–Trinajstić information content (AvgIpc) is 2.72. The van der Waals surface area contributed by atoms with Crippen molar-refractivity contribution >= 4 is 22.6 Å². The molecule has 2 aromatic rings. The lowest BCUT2D eigenvalue weighted by molar-refractivity contribution is 0.146. The fourth-order valence-corrected chi connectivity index (χ4v) is 1.67. The second-order valence-electron chi connectivity index (χ2n) is 3.74. The first kappa shape index (κ1) is 12.3. The molecule has 2 rings (SSSR count). The number of H-pyrrole nitrogens is 1. The van der Waals surface area contributed by atoms with Gasteiger partial charge < -0.3 is 25.5 Å². The molecule has 0 radical (unpaired) electrons. The Morgan fingerprint density at radius 2 is 2.28 bits per heavy atom. The van der Waals surface area contributed by atoms with E-state index in [-0.39, 0.29) is 0 Å². The van der Waals surface area contributed by atoms with E-state index in [2.05, 4.69) is 10.3 Å². The van der Waals surface area contributed by atoms with Crippen molar-refractivity contribution in [2.24, 2.45) is 5.73 Å². The van der Waals surface area contributed by atoms with Crippen LogP contribution in [-0.2, 0) is 4.74 Å². The molecule has 0 atom stereocenters. The number of urea groups is 1. The van der Waals surface area contributed by atoms with Gasteiger partial charge >= 0.3 is 6.03 Å². The molecule has 0 spiro atoms. The number of rotatable bonds is 5. The Hall–Kier alpha value is -2.21. The molecule has 1 aromatic heterocycles. The van der Waals surface area contributed by atoms with E-state index in [0.717, 1.165) is 10.9 Å². The van der Waals surface area contributed by atoms with Crippen molar-refractivity contribution in [3.63, 3.8) is 0 Å². The smallest absolute Gasteiger partial charge is 0.316 e. The molecular formula is C12H15N3O3. The maximum absolute atomic E-state index is 10.9. The largest absolute Gasteiger partial charge is 0.491 e. The molecule has 0 saturated carbocycles. The van der Waals surface area contributed by atoms with Crippen molar-refractivity contribution in [1.29, 1.82) is 0 Å². The summed E-state index contributed by atoms with van der Waals surface area (Å²) in [6.45, 7) is 1.00. The van der Waals surface area contributed by atoms with E-state index < -0.39 is 6.03 Å². The van der Waals surface area contributed by atoms with Crippen molar-refractivity contribution < 1.29 is 14.3 Å². The molecular weight excluding hydrogens is 234 g/mol. The summed E-state index contributed by atoms with van der Waals surface area (Å²) in [6.07, 6.45) is 1.69. The molecule has 1 aromatic carbocycles. The maximum atomic E-state index is 10.9. The number of carbonyl (C=O) groups excluding carboxylic acids is 1. The van der Waals surface area contributed by atoms with Crippen LogP contribution in [0.4, 0.5) is 10.5 Å². The Balaban J connectivity index is 2.21. The van der Waals surface area contributed by atoms with Gasteiger partial charge in [-0.05, 0) is 18.2 Å². The van der Waals surface area contributed by atoms with Crippen LogP contribution in [0.5, 0.6) is 5.75 Å². The first-order valence-corrected chi connectivity index (χ1v) is 5.50. The predicted octanol–water partition coefficient (Wildman–Crippen LogP) is 1.68. The highest BCUT2D eigenvalue weighted by molar-refractivity contribution is 6.00. The van der Waals surface area contributed by atoms with Gasteiger partial charge in [0.2, 0.25) is 0 Å². The summed E-state index contributed by atoms with van der Waals surface area (Å²) in [5.41, 5.74) is 6.63. The molecule has 0 bridgehead atoms. The van der Waals surface area contributed by atoms with Crippen LogP contribution < -0.4 is 15.8 Å². The van der Waals surface area contributed by atoms with E-state index in [1.54, 1.807) is 13.3 Å². The standard InChI is InChI=1S/C12H15N3O3/c1-17-4-5-18-8-2-3-10-9(6-8)11(7-14-10)15-12(13)16/h2-3,6-7,14H,4-5H2,1H3,(H3,13,15,16). The van der Waals surface area contributed by atoms with E-state index in [1.807, 2.05) is 18.2 Å². The molecule has 0 aliphatic carbocycles. The van der Waals surface area contributed by atoms with Crippen LogP contribution in [0, 0.1) is 0 Å². The second kappa shape index (κ2) is 5.42. The van der Waals surface area contributed by atoms with Crippen LogP contribution >= 0.6 is 0 Å². The highest BCUT2D eigenvalue weighted by atomic mass is 16.5. The molecule has 18 heavy (non-hydrogen) atoms. The summed E-state index contributed by atoms with van der Waals surface area (Å²) in [5, 5.41) is 3.40. The second-order valence-corrected chi connectivity index (χ2v) is 3.74. The summed E-state index contributed by atoms with van der Waals surface area (Å²) in [7, 11) is 1.62. The number of ether oxygens (including phenoxy) is 2. The number of carbonyl (C=O) groups is 1. The Bertz CT molecular complexity index is 550. The zero-order chi connectivity index (χ0) is 13.0. The number of fused-ring (bicyclic) bond motifs is 1. The van der Waals surface area contributed by atoms with Crippen LogP contribution in [0.25, 0.3) is 10.9 Å². The molecule has 0 unspecified atom stereocenters. The van der Waals surface area contributed by atoms with Gasteiger partial charge in [-0.25, -0.2) is 4.79 Å². The third-order valence-corrected chi connectivity index (χ3v) is 2.47. The summed E-state index contributed by atoms with van der Waals surface area (Å²) in [6, 6.07) is 4.97. The van der Waals surface area contributed by atoms with Gasteiger partial charge in [-0.1, -0.05) is 0 Å². The highest BCUT2D eigenvalue weighted by Crippen LogP contribution is 2.27. The molecule has 0 aliphatic heterocycles. The van der Waals surface area contributed by atoms with Crippen molar-refractivity contribution in [2.75, 3.05) is 25.6 Å². The van der Waals surface area contributed by atoms with Crippen LogP contribution in [0.2, 0.25) is 0 Å². The number of nitrogens with one attached hydrogen (secondary N) is 2. The topological polar surface area (TPSA) is 89.4 Å². The van der Waals surface area contributed by atoms with Gasteiger partial charge in [-0.3, -0.25) is 0 Å². The number of aromatic nitrogens is 1. The van der Waals surface area contributed by atoms with Gasteiger partial charge in [-0.2, -0.15) is 0 Å². The van der Waals surface area contributed by atoms with Gasteiger partial charge in [0.05, 0.1) is 12.3 Å². The fraction of sp³-hybridized carbons (Fsp3) is 0.250. The third-order valence-electron chi connectivity index (χ3n) is 2.47. The molecule has 4 N–H and O–H groups in total. The number of anilines is 1. The lowest BCUT2D eigenvalue weighted by Crippen LogP contribution is -2.18. The Morgan fingerprint density at radius 3 is 3.00 bits per heavy atom. The first-order chi connectivity index (χ1) is 8.70. The van der Waals surface area contributed by atoms with Gasteiger partial charge in [0.15, 0.2) is 0 Å². The number of nitrogens with two attached hydrogens (primary N) is 1. The van der Waals surface area contributed by atoms with Crippen LogP contribution in [0.15, 0.2) is 24.4 Å². The molecule has 96 valence electrons. The van der Waals surface area contributed by atoms with Crippen LogP contribution in [0.3, 0.4) is 0 Å². The van der Waals surface area contributed by atoms with E-state index in [4.69, 9.17) is 15.2 Å². The molecule has 1 heterocycles. The highest BCUT2D eigenvalue weighted by Gasteiger charge is 2.06. The van der Waals surface area contributed by atoms with Crippen molar-refractivity contribution in [3.05, 3.63) is 24.4 Å². The monoisotopic (exact) mass is 249 g/mol. The number of primary amides is 1. The number of hydrogen-bond donors (Lipinski definition) is 3. The molecule has 0 saturated heterocycles. The minimum atomic E-state index is -0.596. The third kappa shape index (κ3) is 2.72.